The number of nitrogens with two attached hydrogens (primary N) is 1. The van der Waals surface area contributed by atoms with Crippen LogP contribution in [-0.2, 0) is 10.7 Å². The molecule has 1 atom stereocenters. The molecule has 0 spiro atoms. The van der Waals surface area contributed by atoms with Gasteiger partial charge in [-0.2, -0.15) is 8.78 Å². The normalized spacial score (nSPS) is 16.6. The average molecular weight is 509 g/mol. The van der Waals surface area contributed by atoms with Gasteiger partial charge in [0, 0.05) is 17.0 Å². The number of carbonyl (C=O) groups excluding carboxylic acids is 1. The first-order valence-electron chi connectivity index (χ1n) is 11.4. The third kappa shape index (κ3) is 6.04. The second-order valence-corrected chi connectivity index (χ2v) is 8.92. The number of alkyl halides is 2. The SMILES string of the molecule is NC(=O)C(F)(F)c1cc2cc(Cl)ccc2o1.OC(CCN1CCCC1)c1ccc2c(c1)OCCO2. The largest absolute Gasteiger partial charge is 0.486 e. The molecule has 1 fully saturated rings. The number of benzene rings is 2. The number of aliphatic hydroxyl groups excluding tert-OH is 1. The van der Waals surface area contributed by atoms with E-state index in [9.17, 15) is 18.7 Å². The molecule has 5 rings (SSSR count). The molecule has 35 heavy (non-hydrogen) atoms. The Morgan fingerprint density at radius 3 is 2.51 bits per heavy atom. The van der Waals surface area contributed by atoms with E-state index in [0.717, 1.165) is 36.1 Å². The van der Waals surface area contributed by atoms with Crippen LogP contribution in [0.3, 0.4) is 0 Å². The molecule has 2 aliphatic rings. The number of nitrogens with zero attached hydrogens (tertiary/aromatic N) is 1. The van der Waals surface area contributed by atoms with E-state index in [-0.39, 0.29) is 5.58 Å². The molecule has 1 unspecified atom stereocenters. The molecular weight excluding hydrogens is 482 g/mol. The van der Waals surface area contributed by atoms with E-state index in [2.05, 4.69) is 10.6 Å². The number of hydrogen-bond donors (Lipinski definition) is 2. The lowest BCUT2D eigenvalue weighted by atomic mass is 10.1. The summed E-state index contributed by atoms with van der Waals surface area (Å²) in [5, 5.41) is 11.0. The van der Waals surface area contributed by atoms with Crippen LogP contribution in [-0.4, -0.2) is 48.8 Å². The van der Waals surface area contributed by atoms with E-state index in [1.54, 1.807) is 0 Å². The summed E-state index contributed by atoms with van der Waals surface area (Å²) in [7, 11) is 0. The number of halogens is 3. The fraction of sp³-hybridized carbons (Fsp3) is 0.400. The van der Waals surface area contributed by atoms with Crippen LogP contribution >= 0.6 is 11.6 Å². The molecule has 1 amide bonds. The molecule has 3 aromatic rings. The Labute approximate surface area is 206 Å². The van der Waals surface area contributed by atoms with E-state index >= 15 is 0 Å². The molecule has 2 aromatic carbocycles. The van der Waals surface area contributed by atoms with E-state index in [4.69, 9.17) is 25.5 Å². The summed E-state index contributed by atoms with van der Waals surface area (Å²) >= 11 is 5.68. The highest BCUT2D eigenvalue weighted by atomic mass is 35.5. The average Bonchev–Trinajstić information content (AvgIpc) is 3.52. The first kappa shape index (κ1) is 25.2. The number of primary amides is 1. The summed E-state index contributed by atoms with van der Waals surface area (Å²) in [5.41, 5.74) is 5.72. The number of carbonyl (C=O) groups is 1. The summed E-state index contributed by atoms with van der Waals surface area (Å²) in [6.07, 6.45) is 2.94. The zero-order valence-electron chi connectivity index (χ0n) is 19.0. The van der Waals surface area contributed by atoms with E-state index in [0.29, 0.717) is 23.6 Å². The van der Waals surface area contributed by atoms with Gasteiger partial charge in [-0.05, 0) is 74.3 Å². The van der Waals surface area contributed by atoms with E-state index in [1.165, 1.54) is 44.1 Å². The van der Waals surface area contributed by atoms with Crippen molar-refractivity contribution in [1.82, 2.24) is 4.90 Å². The standard InChI is InChI=1S/C15H21NO3.C10H6ClF2NO2/c17-13(5-8-16-6-1-2-7-16)12-3-4-14-15(11-12)19-10-9-18-14;11-6-1-2-7-5(3-6)4-8(16-7)10(12,13)9(14)15/h3-4,11,13,17H,1-2,5-10H2;1-4H,(H2,14,15). The van der Waals surface area contributed by atoms with Crippen LogP contribution in [0.2, 0.25) is 5.02 Å². The summed E-state index contributed by atoms with van der Waals surface area (Å²) in [5.74, 6) is -4.81. The van der Waals surface area contributed by atoms with Gasteiger partial charge in [0.05, 0.1) is 6.10 Å². The van der Waals surface area contributed by atoms with Gasteiger partial charge in [-0.25, -0.2) is 0 Å². The van der Waals surface area contributed by atoms with Crippen molar-refractivity contribution in [3.05, 3.63) is 58.8 Å². The van der Waals surface area contributed by atoms with Crippen molar-refractivity contribution in [3.63, 3.8) is 0 Å². The van der Waals surface area contributed by atoms with Crippen LogP contribution in [0.15, 0.2) is 46.9 Å². The van der Waals surface area contributed by atoms with Gasteiger partial charge >= 0.3 is 5.92 Å². The zero-order valence-corrected chi connectivity index (χ0v) is 19.8. The number of ether oxygens (including phenoxy) is 2. The Kier molecular flexibility index (Phi) is 7.78. The Morgan fingerprint density at radius 1 is 1.09 bits per heavy atom. The lowest BCUT2D eigenvalue weighted by Crippen LogP contribution is -2.32. The number of amides is 1. The van der Waals surface area contributed by atoms with Gasteiger partial charge in [0.1, 0.15) is 18.8 Å². The number of rotatable bonds is 6. The van der Waals surface area contributed by atoms with Crippen LogP contribution < -0.4 is 15.2 Å². The number of furan rings is 1. The van der Waals surface area contributed by atoms with Crippen molar-refractivity contribution >= 4 is 28.5 Å². The lowest BCUT2D eigenvalue weighted by molar-refractivity contribution is -0.145. The lowest BCUT2D eigenvalue weighted by Gasteiger charge is -2.21. The Bertz CT molecular complexity index is 1180. The minimum Gasteiger partial charge on any atom is -0.486 e. The second kappa shape index (κ2) is 10.8. The predicted octanol–water partition coefficient (Wildman–Crippen LogP) is 4.64. The maximum absolute atomic E-state index is 13.2. The smallest absolute Gasteiger partial charge is 0.380 e. The highest BCUT2D eigenvalue weighted by Gasteiger charge is 2.42. The molecule has 188 valence electrons. The fourth-order valence-corrected chi connectivity index (χ4v) is 4.22. The number of likely N-dealkylation sites (tertiary alicyclic amines) is 1. The molecular formula is C25H27ClF2N2O5. The van der Waals surface area contributed by atoms with Crippen molar-refractivity contribution in [3.8, 4) is 11.5 Å². The van der Waals surface area contributed by atoms with Gasteiger partial charge in [0.25, 0.3) is 5.91 Å². The Balaban J connectivity index is 0.000000168. The quantitative estimate of drug-likeness (QED) is 0.503. The van der Waals surface area contributed by atoms with Gasteiger partial charge in [0.2, 0.25) is 0 Å². The molecule has 1 saturated heterocycles. The van der Waals surface area contributed by atoms with Crippen LogP contribution in [0.4, 0.5) is 8.78 Å². The molecule has 0 aliphatic carbocycles. The third-order valence-electron chi connectivity index (χ3n) is 5.97. The minimum absolute atomic E-state index is 0.223. The van der Waals surface area contributed by atoms with Gasteiger partial charge in [-0.15, -0.1) is 0 Å². The minimum atomic E-state index is -3.81. The first-order chi connectivity index (χ1) is 16.7. The van der Waals surface area contributed by atoms with Gasteiger partial charge in [0.15, 0.2) is 17.3 Å². The maximum Gasteiger partial charge on any atom is 0.380 e. The number of hydrogen-bond acceptors (Lipinski definition) is 6. The third-order valence-corrected chi connectivity index (χ3v) is 6.20. The van der Waals surface area contributed by atoms with Crippen LogP contribution in [0.1, 0.15) is 36.7 Å². The van der Waals surface area contributed by atoms with Crippen LogP contribution in [0.5, 0.6) is 11.5 Å². The van der Waals surface area contributed by atoms with Crippen molar-refractivity contribution in [2.24, 2.45) is 5.73 Å². The summed E-state index contributed by atoms with van der Waals surface area (Å²) in [6, 6.07) is 11.2. The zero-order chi connectivity index (χ0) is 25.0. The fourth-order valence-electron chi connectivity index (χ4n) is 4.04. The van der Waals surface area contributed by atoms with Gasteiger partial charge in [-0.1, -0.05) is 17.7 Å². The first-order valence-corrected chi connectivity index (χ1v) is 11.8. The molecule has 1 aromatic heterocycles. The summed E-state index contributed by atoms with van der Waals surface area (Å²) in [4.78, 5) is 13.0. The summed E-state index contributed by atoms with van der Waals surface area (Å²) < 4.78 is 42.3. The highest BCUT2D eigenvalue weighted by molar-refractivity contribution is 6.31. The van der Waals surface area contributed by atoms with Crippen molar-refractivity contribution in [1.29, 1.82) is 0 Å². The van der Waals surface area contributed by atoms with E-state index in [1.807, 2.05) is 18.2 Å². The molecule has 10 heteroatoms. The molecule has 3 N–H and O–H groups in total. The second-order valence-electron chi connectivity index (χ2n) is 8.49. The van der Waals surface area contributed by atoms with E-state index < -0.39 is 23.7 Å². The Morgan fingerprint density at radius 2 is 1.80 bits per heavy atom. The van der Waals surface area contributed by atoms with Crippen molar-refractivity contribution < 1.29 is 32.6 Å². The molecule has 0 saturated carbocycles. The van der Waals surface area contributed by atoms with Crippen LogP contribution in [0.25, 0.3) is 11.0 Å². The molecule has 0 radical (unpaired) electrons. The van der Waals surface area contributed by atoms with Gasteiger partial charge < -0.3 is 29.6 Å². The molecule has 7 nitrogen and oxygen atoms in total. The number of aliphatic hydroxyl groups is 1. The molecule has 3 heterocycles. The maximum atomic E-state index is 13.2. The topological polar surface area (TPSA) is 98.2 Å². The molecule has 2 aliphatic heterocycles. The highest BCUT2D eigenvalue weighted by Crippen LogP contribution is 2.34. The Hall–Kier alpha value is -2.88. The van der Waals surface area contributed by atoms with Crippen LogP contribution in [0, 0.1) is 0 Å². The number of fused-ring (bicyclic) bond motifs is 2. The summed E-state index contributed by atoms with van der Waals surface area (Å²) in [6.45, 7) is 4.50. The van der Waals surface area contributed by atoms with Gasteiger partial charge in [-0.3, -0.25) is 4.79 Å². The van der Waals surface area contributed by atoms with Crippen molar-refractivity contribution in [2.75, 3.05) is 32.8 Å². The monoisotopic (exact) mass is 508 g/mol. The van der Waals surface area contributed by atoms with Crippen molar-refractivity contribution in [2.45, 2.75) is 31.3 Å². The predicted molar refractivity (Wildman–Crippen MR) is 127 cm³/mol. The molecule has 0 bridgehead atoms.